The molecule has 0 radical (unpaired) electrons. The van der Waals surface area contributed by atoms with E-state index >= 15 is 0 Å². The zero-order chi connectivity index (χ0) is 21.6. The predicted molar refractivity (Wildman–Crippen MR) is 113 cm³/mol. The molecule has 3 aliphatic rings. The largest absolute Gasteiger partial charge is 0.447 e. The van der Waals surface area contributed by atoms with Crippen LogP contribution < -0.4 is 10.2 Å². The van der Waals surface area contributed by atoms with Gasteiger partial charge >= 0.3 is 6.09 Å². The normalized spacial score (nSPS) is 23.6. The highest BCUT2D eigenvalue weighted by atomic mass is 32.1. The zero-order valence-corrected chi connectivity index (χ0v) is 18.0. The van der Waals surface area contributed by atoms with Gasteiger partial charge in [0.1, 0.15) is 18.2 Å². The quantitative estimate of drug-likeness (QED) is 0.763. The lowest BCUT2D eigenvalue weighted by Crippen LogP contribution is -2.52. The van der Waals surface area contributed by atoms with Gasteiger partial charge in [-0.05, 0) is 19.8 Å². The third kappa shape index (κ3) is 4.28. The number of amides is 1. The molecule has 2 aliphatic heterocycles. The van der Waals surface area contributed by atoms with Gasteiger partial charge in [-0.3, -0.25) is 4.90 Å². The average Bonchev–Trinajstić information content (AvgIpc) is 3.35. The molecule has 1 aliphatic carbocycles. The Kier molecular flexibility index (Phi) is 5.15. The van der Waals surface area contributed by atoms with Crippen molar-refractivity contribution in [3.05, 3.63) is 17.1 Å². The molecule has 0 spiro atoms. The lowest BCUT2D eigenvalue weighted by atomic mass is 9.92. The molecule has 2 aromatic rings. The number of alkyl halides is 2. The van der Waals surface area contributed by atoms with Crippen LogP contribution in [0.15, 0.2) is 11.4 Å². The number of piperazine rings is 1. The molecule has 4 heterocycles. The van der Waals surface area contributed by atoms with E-state index in [-0.39, 0.29) is 31.0 Å². The summed E-state index contributed by atoms with van der Waals surface area (Å²) < 4.78 is 32.2. The monoisotopic (exact) mass is 450 g/mol. The number of hydrogen-bond donors (Lipinski definition) is 1. The third-order valence-corrected chi connectivity index (χ3v) is 6.99. The van der Waals surface area contributed by atoms with Crippen molar-refractivity contribution in [1.82, 2.24) is 19.9 Å². The molecule has 166 valence electrons. The van der Waals surface area contributed by atoms with Gasteiger partial charge in [0, 0.05) is 55.7 Å². The molecule has 1 amide bonds. The Balaban J connectivity index is 1.40. The number of aromatic nitrogens is 3. The minimum atomic E-state index is -2.57. The topological polar surface area (TPSA) is 83.5 Å². The highest BCUT2D eigenvalue weighted by Crippen LogP contribution is 2.35. The van der Waals surface area contributed by atoms with Crippen LogP contribution in [-0.2, 0) is 4.74 Å². The molecular formula is C20H24F2N6O2S. The van der Waals surface area contributed by atoms with Gasteiger partial charge in [-0.2, -0.15) is 0 Å². The van der Waals surface area contributed by atoms with Crippen LogP contribution in [-0.4, -0.2) is 70.2 Å². The van der Waals surface area contributed by atoms with Crippen LogP contribution in [0, 0.1) is 6.92 Å². The van der Waals surface area contributed by atoms with Crippen LogP contribution in [0.3, 0.4) is 0 Å². The van der Waals surface area contributed by atoms with E-state index in [4.69, 9.17) is 9.72 Å². The number of hydrogen-bond acceptors (Lipinski definition) is 8. The molecule has 1 N–H and O–H groups in total. The number of aryl methyl sites for hydroxylation is 1. The summed E-state index contributed by atoms with van der Waals surface area (Å²) in [4.78, 5) is 29.6. The summed E-state index contributed by atoms with van der Waals surface area (Å²) in [7, 11) is 0. The van der Waals surface area contributed by atoms with E-state index in [1.54, 1.807) is 4.90 Å². The molecule has 2 saturated heterocycles. The van der Waals surface area contributed by atoms with Crippen LogP contribution >= 0.6 is 11.3 Å². The van der Waals surface area contributed by atoms with Crippen molar-refractivity contribution in [3.63, 3.8) is 0 Å². The van der Waals surface area contributed by atoms with Gasteiger partial charge in [-0.25, -0.2) is 28.5 Å². The highest BCUT2D eigenvalue weighted by molar-refractivity contribution is 7.13. The second-order valence-electron chi connectivity index (χ2n) is 8.37. The number of halogens is 2. The van der Waals surface area contributed by atoms with Crippen molar-refractivity contribution in [2.75, 3.05) is 36.5 Å². The Bertz CT molecular complexity index is 976. The first-order valence-corrected chi connectivity index (χ1v) is 11.4. The molecule has 0 aromatic carbocycles. The number of nitrogens with one attached hydrogen (secondary N) is 1. The summed E-state index contributed by atoms with van der Waals surface area (Å²) in [5.41, 5.74) is 0.897. The minimum Gasteiger partial charge on any atom is -0.447 e. The molecule has 1 unspecified atom stereocenters. The molecule has 8 nitrogen and oxygen atoms in total. The molecule has 3 fully saturated rings. The molecule has 2 aromatic heterocycles. The fourth-order valence-corrected chi connectivity index (χ4v) is 5.04. The molecule has 1 atom stereocenters. The second-order valence-corrected chi connectivity index (χ2v) is 9.23. The number of carbonyl (C=O) groups excluding carboxylic acids is 1. The Labute approximate surface area is 182 Å². The van der Waals surface area contributed by atoms with Crippen LogP contribution in [0.25, 0.3) is 10.8 Å². The third-order valence-electron chi connectivity index (χ3n) is 6.03. The van der Waals surface area contributed by atoms with Gasteiger partial charge in [-0.15, -0.1) is 11.3 Å². The molecule has 5 rings (SSSR count). The Morgan fingerprint density at radius 2 is 2.03 bits per heavy atom. The van der Waals surface area contributed by atoms with Gasteiger partial charge < -0.3 is 15.0 Å². The van der Waals surface area contributed by atoms with Gasteiger partial charge in [0.25, 0.3) is 0 Å². The molecule has 31 heavy (non-hydrogen) atoms. The van der Waals surface area contributed by atoms with Gasteiger partial charge in [-0.1, -0.05) is 0 Å². The lowest BCUT2D eigenvalue weighted by molar-refractivity contribution is -0.0361. The van der Waals surface area contributed by atoms with E-state index < -0.39 is 5.92 Å². The van der Waals surface area contributed by atoms with E-state index in [2.05, 4.69) is 20.2 Å². The molecule has 11 heteroatoms. The number of anilines is 2. The number of rotatable bonds is 4. The van der Waals surface area contributed by atoms with E-state index in [9.17, 15) is 13.6 Å². The fraction of sp³-hybridized carbons (Fsp3) is 0.600. The summed E-state index contributed by atoms with van der Waals surface area (Å²) in [5, 5.41) is 6.01. The Hall–Kier alpha value is -2.56. The first kappa shape index (κ1) is 20.3. The van der Waals surface area contributed by atoms with Gasteiger partial charge in [0.15, 0.2) is 10.8 Å². The molecular weight excluding hydrogens is 426 g/mol. The fourth-order valence-electron chi connectivity index (χ4n) is 4.31. The smallest absolute Gasteiger partial charge is 0.410 e. The van der Waals surface area contributed by atoms with Crippen LogP contribution in [0.2, 0.25) is 0 Å². The number of thiazole rings is 1. The number of fused-ring (bicyclic) bond motifs is 1. The van der Waals surface area contributed by atoms with Crippen molar-refractivity contribution < 1.29 is 18.3 Å². The number of carbonyl (C=O) groups is 1. The van der Waals surface area contributed by atoms with Gasteiger partial charge in [0.2, 0.25) is 5.92 Å². The maximum atomic E-state index is 13.5. The maximum absolute atomic E-state index is 13.5. The summed E-state index contributed by atoms with van der Waals surface area (Å²) >= 11 is 1.47. The number of ether oxygens (including phenoxy) is 1. The van der Waals surface area contributed by atoms with Gasteiger partial charge in [0.05, 0.1) is 6.04 Å². The summed E-state index contributed by atoms with van der Waals surface area (Å²) in [6, 6.07) is 1.81. The van der Waals surface area contributed by atoms with Crippen LogP contribution in [0.4, 0.5) is 25.2 Å². The standard InChI is InChI=1S/C20H24F2N6O2S/c1-12-11-31-18(23-12)17-25-15(24-13-2-4-20(21,22)5-3-13)8-16(26-17)27-6-7-28-14(9-27)10-30-19(28)29/h8,11,13-14H,2-7,9-10H2,1H3,(H,24,25,26). The summed E-state index contributed by atoms with van der Waals surface area (Å²) in [6.07, 6.45) is 0.316. The van der Waals surface area contributed by atoms with E-state index in [1.807, 2.05) is 18.4 Å². The first-order chi connectivity index (χ1) is 14.9. The van der Waals surface area contributed by atoms with E-state index in [0.29, 0.717) is 50.7 Å². The van der Waals surface area contributed by atoms with Crippen molar-refractivity contribution in [2.24, 2.45) is 0 Å². The van der Waals surface area contributed by atoms with E-state index in [1.165, 1.54) is 11.3 Å². The van der Waals surface area contributed by atoms with Crippen molar-refractivity contribution in [2.45, 2.75) is 50.6 Å². The van der Waals surface area contributed by atoms with Crippen molar-refractivity contribution in [3.8, 4) is 10.8 Å². The predicted octanol–water partition coefficient (Wildman–Crippen LogP) is 3.54. The minimum absolute atomic E-state index is 0.00115. The lowest BCUT2D eigenvalue weighted by Gasteiger charge is -2.36. The van der Waals surface area contributed by atoms with Crippen LogP contribution in [0.5, 0.6) is 0 Å². The average molecular weight is 451 g/mol. The number of nitrogens with zero attached hydrogens (tertiary/aromatic N) is 5. The summed E-state index contributed by atoms with van der Waals surface area (Å²) in [5.74, 6) is -0.705. The Morgan fingerprint density at radius 1 is 1.23 bits per heavy atom. The second kappa shape index (κ2) is 7.85. The zero-order valence-electron chi connectivity index (χ0n) is 17.2. The van der Waals surface area contributed by atoms with Crippen LogP contribution in [0.1, 0.15) is 31.4 Å². The first-order valence-electron chi connectivity index (χ1n) is 10.5. The molecule has 0 bridgehead atoms. The number of cyclic esters (lactones) is 1. The molecule has 1 saturated carbocycles. The highest BCUT2D eigenvalue weighted by Gasteiger charge is 2.38. The SMILES string of the molecule is Cc1csc(-c2nc(NC3CCC(F)(F)CC3)cc(N3CCN4C(=O)OCC4C3)n2)n1. The van der Waals surface area contributed by atoms with Crippen molar-refractivity contribution in [1.29, 1.82) is 0 Å². The summed E-state index contributed by atoms with van der Waals surface area (Å²) in [6.45, 7) is 4.11. The Morgan fingerprint density at radius 3 is 2.77 bits per heavy atom. The maximum Gasteiger partial charge on any atom is 0.410 e. The van der Waals surface area contributed by atoms with E-state index in [0.717, 1.165) is 16.5 Å². The van der Waals surface area contributed by atoms with Crippen molar-refractivity contribution >= 4 is 29.1 Å².